The molecule has 0 aliphatic carbocycles. The Morgan fingerprint density at radius 2 is 1.64 bits per heavy atom. The molecule has 0 saturated carbocycles. The van der Waals surface area contributed by atoms with Gasteiger partial charge in [0.2, 0.25) is 0 Å². The van der Waals surface area contributed by atoms with Gasteiger partial charge >= 0.3 is 12.4 Å². The molecule has 0 bridgehead atoms. The summed E-state index contributed by atoms with van der Waals surface area (Å²) in [5, 5.41) is 9.20. The average molecular weight is 635 g/mol. The number of aliphatic hydroxyl groups is 1. The number of nitrogens with zero attached hydrogens (tertiary/aromatic N) is 2. The Morgan fingerprint density at radius 3 is 2.31 bits per heavy atom. The van der Waals surface area contributed by atoms with Gasteiger partial charge in [0.1, 0.15) is 11.9 Å². The molecule has 1 saturated heterocycles. The van der Waals surface area contributed by atoms with Crippen LogP contribution >= 0.6 is 11.6 Å². The van der Waals surface area contributed by atoms with Crippen molar-refractivity contribution < 1.29 is 44.6 Å². The summed E-state index contributed by atoms with van der Waals surface area (Å²) < 4.78 is 115. The topological polar surface area (TPSA) is 70.1 Å². The lowest BCUT2D eigenvalue weighted by atomic mass is 9.89. The highest BCUT2D eigenvalue weighted by Gasteiger charge is 2.41. The second kappa shape index (κ2) is 11.2. The highest BCUT2D eigenvalue weighted by molar-refractivity contribution is 7.92. The number of hydrogen-bond acceptors (Lipinski definition) is 5. The van der Waals surface area contributed by atoms with Crippen LogP contribution in [0.1, 0.15) is 35.4 Å². The van der Waals surface area contributed by atoms with Crippen LogP contribution in [0.5, 0.6) is 5.75 Å². The summed E-state index contributed by atoms with van der Waals surface area (Å²) in [6, 6.07) is 11.8. The van der Waals surface area contributed by atoms with E-state index in [1.807, 2.05) is 0 Å². The van der Waals surface area contributed by atoms with Crippen LogP contribution in [0.4, 0.5) is 37.7 Å². The number of rotatable bonds is 7. The van der Waals surface area contributed by atoms with Crippen molar-refractivity contribution in [3.05, 3.63) is 82.4 Å². The van der Waals surface area contributed by atoms with Crippen molar-refractivity contribution in [2.45, 2.75) is 42.1 Å². The summed E-state index contributed by atoms with van der Waals surface area (Å²) in [6.07, 6.45) is -9.43. The number of para-hydroxylation sites is 1. The molecular formula is C28H25ClF6N2O4S. The van der Waals surface area contributed by atoms with E-state index in [-0.39, 0.29) is 54.3 Å². The van der Waals surface area contributed by atoms with Crippen molar-refractivity contribution in [2.24, 2.45) is 0 Å². The van der Waals surface area contributed by atoms with Gasteiger partial charge in [0.05, 0.1) is 39.0 Å². The van der Waals surface area contributed by atoms with Gasteiger partial charge in [-0.05, 0) is 60.9 Å². The van der Waals surface area contributed by atoms with Crippen molar-refractivity contribution in [2.75, 3.05) is 35.4 Å². The number of alkyl halides is 6. The van der Waals surface area contributed by atoms with Crippen LogP contribution in [0.15, 0.2) is 65.6 Å². The molecule has 1 fully saturated rings. The van der Waals surface area contributed by atoms with Gasteiger partial charge in [-0.3, -0.25) is 4.31 Å². The fourth-order valence-electron chi connectivity index (χ4n) is 5.18. The van der Waals surface area contributed by atoms with Gasteiger partial charge in [0.25, 0.3) is 10.0 Å². The second-order valence-corrected chi connectivity index (χ2v) is 12.4. The molecule has 2 heterocycles. The molecule has 0 unspecified atom stereocenters. The van der Waals surface area contributed by atoms with Gasteiger partial charge in [0, 0.05) is 25.6 Å². The predicted octanol–water partition coefficient (Wildman–Crippen LogP) is 6.71. The highest BCUT2D eigenvalue weighted by Crippen LogP contribution is 2.46. The Hall–Kier alpha value is -3.16. The number of aliphatic hydroxyl groups excluding tert-OH is 1. The highest BCUT2D eigenvalue weighted by atomic mass is 35.5. The Balaban J connectivity index is 1.47. The number of fused-ring (bicyclic) bond motifs is 1. The lowest BCUT2D eigenvalue weighted by Gasteiger charge is -2.43. The molecule has 2 aliphatic rings. The van der Waals surface area contributed by atoms with Crippen LogP contribution in [0, 0.1) is 0 Å². The zero-order chi connectivity index (χ0) is 30.4. The maximum atomic E-state index is 13.7. The monoisotopic (exact) mass is 634 g/mol. The van der Waals surface area contributed by atoms with Gasteiger partial charge < -0.3 is 14.7 Å². The molecular weight excluding hydrogens is 610 g/mol. The SMILES string of the molecule is O=S(=O)(c1cccc(C(F)(F)F)c1)N1C[C@H](CCCO)Oc2ccc(C3CN(c4c(Cl)cccc4C(F)(F)F)C3)cc21. The minimum absolute atomic E-state index is 0.0469. The van der Waals surface area contributed by atoms with E-state index in [1.54, 1.807) is 18.2 Å². The molecule has 3 aromatic rings. The van der Waals surface area contributed by atoms with E-state index in [9.17, 15) is 39.9 Å². The first-order valence-corrected chi connectivity index (χ1v) is 14.7. The maximum absolute atomic E-state index is 13.7. The van der Waals surface area contributed by atoms with Crippen LogP contribution in [0.2, 0.25) is 5.02 Å². The standard InChI is InChI=1S/C28H25ClF6N2O4S/c29-23-8-2-7-22(28(33,34)35)26(23)36-14-18(15-36)17-9-10-25-24(12-17)37(16-20(41-25)5-3-11-38)42(39,40)21-6-1-4-19(13-21)27(30,31)32/h1-2,4,6-10,12-13,18,20,38H,3,5,11,14-16H2/t20-/m0/s1. The minimum atomic E-state index is -4.75. The lowest BCUT2D eigenvalue weighted by Crippen LogP contribution is -2.46. The second-order valence-electron chi connectivity index (χ2n) is 10.1. The molecule has 5 rings (SSSR count). The average Bonchev–Trinajstić information content (AvgIpc) is 2.90. The summed E-state index contributed by atoms with van der Waals surface area (Å²) in [7, 11) is -4.49. The molecule has 0 spiro atoms. The van der Waals surface area contributed by atoms with E-state index in [2.05, 4.69) is 0 Å². The van der Waals surface area contributed by atoms with Crippen molar-refractivity contribution in [1.29, 1.82) is 0 Å². The normalized spacial score (nSPS) is 18.0. The van der Waals surface area contributed by atoms with E-state index in [1.165, 1.54) is 17.0 Å². The largest absolute Gasteiger partial charge is 0.486 e. The summed E-state index contributed by atoms with van der Waals surface area (Å²) in [5.41, 5.74) is -1.39. The number of ether oxygens (including phenoxy) is 1. The number of benzene rings is 3. The quantitative estimate of drug-likeness (QED) is 0.293. The van der Waals surface area contributed by atoms with Gasteiger partial charge in [-0.2, -0.15) is 26.3 Å². The Bertz CT molecular complexity index is 1580. The summed E-state index contributed by atoms with van der Waals surface area (Å²) in [6.45, 7) is -0.0238. The number of halogens is 7. The molecule has 14 heteroatoms. The van der Waals surface area contributed by atoms with Crippen LogP contribution in [0.3, 0.4) is 0 Å². The number of hydrogen-bond donors (Lipinski definition) is 1. The molecule has 1 atom stereocenters. The van der Waals surface area contributed by atoms with Gasteiger partial charge in [-0.15, -0.1) is 0 Å². The van der Waals surface area contributed by atoms with Gasteiger partial charge in [0.15, 0.2) is 0 Å². The Morgan fingerprint density at radius 1 is 0.929 bits per heavy atom. The van der Waals surface area contributed by atoms with Crippen molar-refractivity contribution in [3.63, 3.8) is 0 Å². The van der Waals surface area contributed by atoms with Crippen molar-refractivity contribution >= 4 is 33.0 Å². The summed E-state index contributed by atoms with van der Waals surface area (Å²) in [4.78, 5) is 0.943. The third-order valence-corrected chi connectivity index (χ3v) is 9.39. The molecule has 0 radical (unpaired) electrons. The maximum Gasteiger partial charge on any atom is 0.418 e. The minimum Gasteiger partial charge on any atom is -0.486 e. The molecule has 0 amide bonds. The van der Waals surface area contributed by atoms with Crippen molar-refractivity contribution in [3.8, 4) is 5.75 Å². The zero-order valence-corrected chi connectivity index (χ0v) is 23.4. The third kappa shape index (κ3) is 5.86. The molecule has 0 aromatic heterocycles. The first-order valence-electron chi connectivity index (χ1n) is 12.9. The van der Waals surface area contributed by atoms with Crippen LogP contribution in [-0.2, 0) is 22.4 Å². The van der Waals surface area contributed by atoms with Crippen LogP contribution in [-0.4, -0.2) is 45.9 Å². The Labute approximate surface area is 243 Å². The molecule has 6 nitrogen and oxygen atoms in total. The fourth-order valence-corrected chi connectivity index (χ4v) is 7.02. The number of anilines is 2. The molecule has 42 heavy (non-hydrogen) atoms. The molecule has 3 aromatic carbocycles. The summed E-state index contributed by atoms with van der Waals surface area (Å²) in [5.74, 6) is -0.0944. The smallest absolute Gasteiger partial charge is 0.418 e. The van der Waals surface area contributed by atoms with Crippen molar-refractivity contribution in [1.82, 2.24) is 0 Å². The van der Waals surface area contributed by atoms with E-state index in [4.69, 9.17) is 16.3 Å². The van der Waals surface area contributed by atoms with Gasteiger partial charge in [-0.25, -0.2) is 8.42 Å². The Kier molecular flexibility index (Phi) is 8.05. The lowest BCUT2D eigenvalue weighted by molar-refractivity contribution is -0.138. The summed E-state index contributed by atoms with van der Waals surface area (Å²) >= 11 is 6.13. The van der Waals surface area contributed by atoms with E-state index in [0.717, 1.165) is 28.6 Å². The van der Waals surface area contributed by atoms with E-state index in [0.29, 0.717) is 24.5 Å². The fraction of sp³-hybridized carbons (Fsp3) is 0.357. The van der Waals surface area contributed by atoms with Gasteiger partial charge in [-0.1, -0.05) is 29.8 Å². The first kappa shape index (κ1) is 30.3. The molecule has 1 N–H and O–H groups in total. The van der Waals surface area contributed by atoms with E-state index < -0.39 is 44.5 Å². The van der Waals surface area contributed by atoms with Crippen LogP contribution < -0.4 is 13.9 Å². The molecule has 2 aliphatic heterocycles. The first-order chi connectivity index (χ1) is 19.7. The predicted molar refractivity (Wildman–Crippen MR) is 145 cm³/mol. The number of sulfonamides is 1. The zero-order valence-electron chi connectivity index (χ0n) is 21.8. The third-order valence-electron chi connectivity index (χ3n) is 7.31. The van der Waals surface area contributed by atoms with Crippen LogP contribution in [0.25, 0.3) is 0 Å². The molecule has 226 valence electrons. The van der Waals surface area contributed by atoms with E-state index >= 15 is 0 Å².